The van der Waals surface area contributed by atoms with Crippen molar-refractivity contribution in [2.45, 2.75) is 25.0 Å². The van der Waals surface area contributed by atoms with Crippen LogP contribution in [0.5, 0.6) is 0 Å². The largest absolute Gasteiger partial charge is 0.391 e. The van der Waals surface area contributed by atoms with Gasteiger partial charge in [0, 0.05) is 48.2 Å². The number of halogens is 1. The predicted octanol–water partition coefficient (Wildman–Crippen LogP) is 3.04. The summed E-state index contributed by atoms with van der Waals surface area (Å²) < 4.78 is 5.47. The van der Waals surface area contributed by atoms with Crippen LogP contribution in [0.3, 0.4) is 0 Å². The minimum atomic E-state index is -0.319. The van der Waals surface area contributed by atoms with E-state index in [9.17, 15) is 9.90 Å². The van der Waals surface area contributed by atoms with Gasteiger partial charge >= 0.3 is 0 Å². The van der Waals surface area contributed by atoms with Crippen molar-refractivity contribution in [1.82, 2.24) is 9.80 Å². The average Bonchev–Trinajstić information content (AvgIpc) is 3.16. The van der Waals surface area contributed by atoms with Crippen molar-refractivity contribution in [3.63, 3.8) is 0 Å². The molecule has 1 N–H and O–H groups in total. The van der Waals surface area contributed by atoms with E-state index in [0.29, 0.717) is 22.4 Å². The van der Waals surface area contributed by atoms with Gasteiger partial charge < -0.3 is 14.7 Å². The Morgan fingerprint density at radius 3 is 2.48 bits per heavy atom. The molecule has 0 radical (unpaired) electrons. The lowest BCUT2D eigenvalue weighted by atomic mass is 9.77. The second kappa shape index (κ2) is 7.88. The number of hydrogen-bond acceptors (Lipinski definition) is 4. The van der Waals surface area contributed by atoms with Crippen LogP contribution in [-0.4, -0.2) is 72.4 Å². The lowest BCUT2D eigenvalue weighted by Crippen LogP contribution is -2.53. The number of benzene rings is 2. The maximum absolute atomic E-state index is 13.4. The van der Waals surface area contributed by atoms with Gasteiger partial charge in [-0.25, -0.2) is 0 Å². The van der Waals surface area contributed by atoms with E-state index < -0.39 is 0 Å². The Bertz CT molecular complexity index is 914. The number of amides is 1. The number of aliphatic hydroxyl groups excluding tert-OH is 1. The molecule has 2 aromatic rings. The molecule has 1 amide bonds. The van der Waals surface area contributed by atoms with Gasteiger partial charge in [0.1, 0.15) is 0 Å². The summed E-state index contributed by atoms with van der Waals surface area (Å²) in [6.45, 7) is 4.76. The zero-order valence-corrected chi connectivity index (χ0v) is 17.2. The molecule has 2 aromatic carbocycles. The molecule has 6 heteroatoms. The molecule has 2 aliphatic heterocycles. The molecule has 1 aliphatic carbocycles. The average molecular weight is 415 g/mol. The number of fused-ring (bicyclic) bond motifs is 2. The molecule has 2 saturated heterocycles. The first-order valence-electron chi connectivity index (χ1n) is 10.6. The minimum absolute atomic E-state index is 0.0738. The van der Waals surface area contributed by atoms with E-state index in [2.05, 4.69) is 4.90 Å². The van der Waals surface area contributed by atoms with E-state index >= 15 is 0 Å². The molecular formula is C23H27ClN2O3. The highest BCUT2D eigenvalue weighted by atomic mass is 35.5. The van der Waals surface area contributed by atoms with Crippen molar-refractivity contribution in [1.29, 1.82) is 0 Å². The van der Waals surface area contributed by atoms with E-state index in [0.717, 1.165) is 63.0 Å². The first-order valence-corrected chi connectivity index (χ1v) is 11.0. The van der Waals surface area contributed by atoms with E-state index in [1.807, 2.05) is 41.3 Å². The number of carbonyl (C=O) groups excluding carboxylic acids is 1. The van der Waals surface area contributed by atoms with Gasteiger partial charge in [0.2, 0.25) is 0 Å². The van der Waals surface area contributed by atoms with Crippen molar-refractivity contribution in [3.05, 3.63) is 47.0 Å². The Morgan fingerprint density at radius 1 is 1.00 bits per heavy atom. The topological polar surface area (TPSA) is 53.0 Å². The van der Waals surface area contributed by atoms with Crippen molar-refractivity contribution in [3.8, 4) is 0 Å². The Morgan fingerprint density at radius 2 is 1.69 bits per heavy atom. The zero-order chi connectivity index (χ0) is 20.0. The van der Waals surface area contributed by atoms with Gasteiger partial charge in [0.25, 0.3) is 5.91 Å². The van der Waals surface area contributed by atoms with Gasteiger partial charge in [-0.2, -0.15) is 0 Å². The summed E-state index contributed by atoms with van der Waals surface area (Å²) >= 11 is 6.33. The number of ether oxygens (including phenoxy) is 1. The minimum Gasteiger partial charge on any atom is -0.391 e. The number of nitrogens with zero attached hydrogens (tertiary/aromatic N) is 2. The zero-order valence-electron chi connectivity index (χ0n) is 16.5. The van der Waals surface area contributed by atoms with E-state index in [1.165, 1.54) is 0 Å². The van der Waals surface area contributed by atoms with Crippen LogP contribution in [0.4, 0.5) is 0 Å². The molecule has 0 bridgehead atoms. The van der Waals surface area contributed by atoms with Gasteiger partial charge in [0.15, 0.2) is 0 Å². The number of likely N-dealkylation sites (tertiary alicyclic amines) is 1. The van der Waals surface area contributed by atoms with Gasteiger partial charge in [-0.3, -0.25) is 9.69 Å². The smallest absolute Gasteiger partial charge is 0.254 e. The third-order valence-electron chi connectivity index (χ3n) is 7.01. The summed E-state index contributed by atoms with van der Waals surface area (Å²) in [5.41, 5.74) is 0.717. The first-order chi connectivity index (χ1) is 14.1. The predicted molar refractivity (Wildman–Crippen MR) is 113 cm³/mol. The van der Waals surface area contributed by atoms with Crippen molar-refractivity contribution in [2.75, 3.05) is 39.4 Å². The number of aliphatic hydroxyl groups is 1. The summed E-state index contributed by atoms with van der Waals surface area (Å²) in [5, 5.41) is 13.3. The Kier molecular flexibility index (Phi) is 5.25. The number of carbonyl (C=O) groups is 1. The number of hydrogen-bond donors (Lipinski definition) is 1. The van der Waals surface area contributed by atoms with Crippen LogP contribution in [0.1, 0.15) is 23.2 Å². The van der Waals surface area contributed by atoms with Gasteiger partial charge in [-0.1, -0.05) is 35.9 Å². The van der Waals surface area contributed by atoms with Crippen LogP contribution in [0, 0.1) is 11.8 Å². The van der Waals surface area contributed by atoms with Gasteiger partial charge in [0.05, 0.1) is 19.3 Å². The fourth-order valence-corrected chi connectivity index (χ4v) is 5.74. The molecule has 1 saturated carbocycles. The van der Waals surface area contributed by atoms with Crippen LogP contribution in [0.25, 0.3) is 10.8 Å². The summed E-state index contributed by atoms with van der Waals surface area (Å²) in [5.74, 6) is 0.906. The van der Waals surface area contributed by atoms with Crippen molar-refractivity contribution < 1.29 is 14.6 Å². The van der Waals surface area contributed by atoms with E-state index in [4.69, 9.17) is 16.3 Å². The van der Waals surface area contributed by atoms with Crippen molar-refractivity contribution in [2.24, 2.45) is 11.8 Å². The molecule has 0 unspecified atom stereocenters. The molecule has 0 aromatic heterocycles. The molecule has 4 atom stereocenters. The summed E-state index contributed by atoms with van der Waals surface area (Å²) in [4.78, 5) is 17.7. The highest BCUT2D eigenvalue weighted by Crippen LogP contribution is 2.39. The highest BCUT2D eigenvalue weighted by molar-refractivity contribution is 6.36. The molecule has 0 spiro atoms. The lowest BCUT2D eigenvalue weighted by molar-refractivity contribution is -0.0520. The molecule has 5 nitrogen and oxygen atoms in total. The van der Waals surface area contributed by atoms with Crippen LogP contribution in [-0.2, 0) is 4.74 Å². The first kappa shape index (κ1) is 19.3. The second-order valence-electron chi connectivity index (χ2n) is 8.63. The maximum atomic E-state index is 13.4. The lowest BCUT2D eigenvalue weighted by Gasteiger charge is -2.43. The second-order valence-corrected chi connectivity index (χ2v) is 9.03. The van der Waals surface area contributed by atoms with Gasteiger partial charge in [-0.05, 0) is 42.2 Å². The Hall–Kier alpha value is -1.66. The fraction of sp³-hybridized carbons (Fsp3) is 0.522. The Balaban J connectivity index is 1.34. The number of rotatable bonds is 2. The Labute approximate surface area is 176 Å². The van der Waals surface area contributed by atoms with E-state index in [-0.39, 0.29) is 18.1 Å². The normalized spacial score (nSPS) is 30.5. The van der Waals surface area contributed by atoms with Crippen LogP contribution < -0.4 is 0 Å². The molecule has 3 aliphatic rings. The monoisotopic (exact) mass is 414 g/mol. The van der Waals surface area contributed by atoms with Gasteiger partial charge in [-0.15, -0.1) is 0 Å². The third-order valence-corrected chi connectivity index (χ3v) is 7.34. The van der Waals surface area contributed by atoms with Crippen LogP contribution in [0.2, 0.25) is 5.02 Å². The summed E-state index contributed by atoms with van der Waals surface area (Å²) in [7, 11) is 0. The molecule has 2 heterocycles. The standard InChI is InChI=1S/C23H27ClN2O3/c24-20-6-2-3-17-18(20)4-1-5-19(17)23(28)26-13-15-11-21(22(27)12-16(15)14-26)25-7-9-29-10-8-25/h1-6,15-16,21-22,27H,7-14H2/t15-,16+,21-,22-/m1/s1. The quantitative estimate of drug-likeness (QED) is 0.820. The molecular weight excluding hydrogens is 388 g/mol. The molecule has 3 fully saturated rings. The number of morpholine rings is 1. The highest BCUT2D eigenvalue weighted by Gasteiger charge is 2.45. The van der Waals surface area contributed by atoms with Crippen molar-refractivity contribution >= 4 is 28.3 Å². The van der Waals surface area contributed by atoms with E-state index in [1.54, 1.807) is 0 Å². The third kappa shape index (κ3) is 3.55. The van der Waals surface area contributed by atoms with Crippen LogP contribution in [0.15, 0.2) is 36.4 Å². The summed E-state index contributed by atoms with van der Waals surface area (Å²) in [6.07, 6.45) is 1.41. The molecule has 154 valence electrons. The van der Waals surface area contributed by atoms with Crippen LogP contribution >= 0.6 is 11.6 Å². The summed E-state index contributed by atoms with van der Waals surface area (Å²) in [6, 6.07) is 11.7. The molecule has 5 rings (SSSR count). The SMILES string of the molecule is O=C(c1cccc2c(Cl)cccc12)N1C[C@H]2C[C@@H](N3CCOCC3)[C@H](O)C[C@H]2C1. The maximum Gasteiger partial charge on any atom is 0.254 e. The molecule has 29 heavy (non-hydrogen) atoms. The fourth-order valence-electron chi connectivity index (χ4n) is 5.50.